The summed E-state index contributed by atoms with van der Waals surface area (Å²) in [5.41, 5.74) is -0.721. The maximum atomic E-state index is 10.6. The Kier molecular flexibility index (Phi) is 3.84. The molecule has 2 heterocycles. The van der Waals surface area contributed by atoms with Crippen molar-refractivity contribution in [3.05, 3.63) is 18.2 Å². The van der Waals surface area contributed by atoms with Crippen molar-refractivity contribution in [2.24, 2.45) is 7.05 Å². The van der Waals surface area contributed by atoms with Crippen LogP contribution in [0.5, 0.6) is 0 Å². The van der Waals surface area contributed by atoms with Crippen molar-refractivity contribution >= 4 is 0 Å². The van der Waals surface area contributed by atoms with Crippen molar-refractivity contribution in [3.8, 4) is 0 Å². The number of rotatable bonds is 4. The van der Waals surface area contributed by atoms with Gasteiger partial charge in [0.2, 0.25) is 0 Å². The standard InChI is InChI=1S/C13H23N3O/c1-3-4-8-16-9-5-13(17,6-10-16)12-14-7-11-15(12)2/h7,11,17H,3-6,8-10H2,1-2H3. The zero-order valence-electron chi connectivity index (χ0n) is 10.9. The minimum atomic E-state index is -0.721. The normalized spacial score (nSPS) is 20.6. The molecule has 2 rings (SSSR count). The van der Waals surface area contributed by atoms with E-state index in [-0.39, 0.29) is 0 Å². The molecule has 1 N–H and O–H groups in total. The van der Waals surface area contributed by atoms with Crippen molar-refractivity contribution in [2.75, 3.05) is 19.6 Å². The second-order valence-corrected chi connectivity index (χ2v) is 5.09. The number of hydrogen-bond donors (Lipinski definition) is 1. The van der Waals surface area contributed by atoms with Gasteiger partial charge in [0.25, 0.3) is 0 Å². The van der Waals surface area contributed by atoms with Crippen LogP contribution in [0, 0.1) is 0 Å². The van der Waals surface area contributed by atoms with Gasteiger partial charge in [0.1, 0.15) is 11.4 Å². The van der Waals surface area contributed by atoms with Gasteiger partial charge in [-0.05, 0) is 25.8 Å². The van der Waals surface area contributed by atoms with Crippen LogP contribution < -0.4 is 0 Å². The summed E-state index contributed by atoms with van der Waals surface area (Å²) >= 11 is 0. The van der Waals surface area contributed by atoms with Gasteiger partial charge in [-0.15, -0.1) is 0 Å². The van der Waals surface area contributed by atoms with E-state index in [1.54, 1.807) is 6.20 Å². The van der Waals surface area contributed by atoms with Crippen LogP contribution in [0.1, 0.15) is 38.4 Å². The molecule has 0 saturated carbocycles. The quantitative estimate of drug-likeness (QED) is 0.863. The number of likely N-dealkylation sites (tertiary alicyclic amines) is 1. The van der Waals surface area contributed by atoms with Gasteiger partial charge in [-0.3, -0.25) is 0 Å². The minimum absolute atomic E-state index is 0.721. The summed E-state index contributed by atoms with van der Waals surface area (Å²) in [6.07, 6.45) is 7.73. The lowest BCUT2D eigenvalue weighted by atomic mass is 9.90. The Morgan fingerprint density at radius 3 is 2.65 bits per heavy atom. The first-order valence-electron chi connectivity index (χ1n) is 6.58. The fourth-order valence-corrected chi connectivity index (χ4v) is 2.57. The number of imidazole rings is 1. The molecule has 0 unspecified atom stereocenters. The molecule has 96 valence electrons. The lowest BCUT2D eigenvalue weighted by Crippen LogP contribution is -2.44. The lowest BCUT2D eigenvalue weighted by Gasteiger charge is -2.37. The summed E-state index contributed by atoms with van der Waals surface area (Å²) in [5.74, 6) is 0.813. The van der Waals surface area contributed by atoms with E-state index in [4.69, 9.17) is 0 Å². The second kappa shape index (κ2) is 5.19. The molecule has 0 spiro atoms. The van der Waals surface area contributed by atoms with Crippen molar-refractivity contribution in [2.45, 2.75) is 38.2 Å². The summed E-state index contributed by atoms with van der Waals surface area (Å²) in [6.45, 7) is 5.33. The van der Waals surface area contributed by atoms with E-state index in [9.17, 15) is 5.11 Å². The van der Waals surface area contributed by atoms with E-state index < -0.39 is 5.60 Å². The van der Waals surface area contributed by atoms with Crippen LogP contribution >= 0.6 is 0 Å². The molecule has 1 aromatic heterocycles. The lowest BCUT2D eigenvalue weighted by molar-refractivity contribution is -0.0349. The van der Waals surface area contributed by atoms with E-state index in [0.29, 0.717) is 0 Å². The highest BCUT2D eigenvalue weighted by Gasteiger charge is 2.36. The number of aromatic nitrogens is 2. The van der Waals surface area contributed by atoms with E-state index >= 15 is 0 Å². The van der Waals surface area contributed by atoms with Gasteiger partial charge in [-0.1, -0.05) is 13.3 Å². The zero-order chi connectivity index (χ0) is 12.3. The zero-order valence-corrected chi connectivity index (χ0v) is 10.9. The second-order valence-electron chi connectivity index (χ2n) is 5.09. The van der Waals surface area contributed by atoms with Gasteiger partial charge in [-0.25, -0.2) is 4.98 Å². The first-order valence-corrected chi connectivity index (χ1v) is 6.58. The molecule has 1 aliphatic rings. The van der Waals surface area contributed by atoms with E-state index in [0.717, 1.165) is 38.3 Å². The van der Waals surface area contributed by atoms with Gasteiger partial charge in [-0.2, -0.15) is 0 Å². The van der Waals surface area contributed by atoms with Crippen molar-refractivity contribution in [3.63, 3.8) is 0 Å². The third-order valence-electron chi connectivity index (χ3n) is 3.75. The molecule has 1 fully saturated rings. The number of unbranched alkanes of at least 4 members (excludes halogenated alkanes) is 1. The van der Waals surface area contributed by atoms with Crippen LogP contribution in [-0.4, -0.2) is 39.2 Å². The molecular formula is C13H23N3O. The van der Waals surface area contributed by atoms with E-state index in [2.05, 4.69) is 16.8 Å². The Morgan fingerprint density at radius 1 is 1.41 bits per heavy atom. The number of aryl methyl sites for hydroxylation is 1. The molecule has 0 amide bonds. The molecule has 0 radical (unpaired) electrons. The van der Waals surface area contributed by atoms with Gasteiger partial charge in [0, 0.05) is 32.5 Å². The van der Waals surface area contributed by atoms with Crippen LogP contribution in [0.25, 0.3) is 0 Å². The summed E-state index contributed by atoms with van der Waals surface area (Å²) in [6, 6.07) is 0. The molecule has 1 saturated heterocycles. The van der Waals surface area contributed by atoms with Crippen LogP contribution in [0.4, 0.5) is 0 Å². The number of hydrogen-bond acceptors (Lipinski definition) is 3. The van der Waals surface area contributed by atoms with Gasteiger partial charge in [0.05, 0.1) is 0 Å². The van der Waals surface area contributed by atoms with Crippen molar-refractivity contribution < 1.29 is 5.11 Å². The monoisotopic (exact) mass is 237 g/mol. The smallest absolute Gasteiger partial charge is 0.140 e. The highest BCUT2D eigenvalue weighted by Crippen LogP contribution is 2.31. The predicted octanol–water partition coefficient (Wildman–Crippen LogP) is 1.50. The van der Waals surface area contributed by atoms with E-state index in [1.165, 1.54) is 12.8 Å². The predicted molar refractivity (Wildman–Crippen MR) is 67.7 cm³/mol. The molecule has 0 bridgehead atoms. The highest BCUT2D eigenvalue weighted by atomic mass is 16.3. The molecule has 0 atom stereocenters. The van der Waals surface area contributed by atoms with Crippen LogP contribution in [0.2, 0.25) is 0 Å². The molecule has 0 aromatic carbocycles. The average molecular weight is 237 g/mol. The third kappa shape index (κ3) is 2.69. The molecule has 4 heteroatoms. The van der Waals surface area contributed by atoms with E-state index in [1.807, 2.05) is 17.8 Å². The summed E-state index contributed by atoms with van der Waals surface area (Å²) in [5, 5.41) is 10.6. The Bertz CT molecular complexity index is 353. The Morgan fingerprint density at radius 2 is 2.12 bits per heavy atom. The van der Waals surface area contributed by atoms with Gasteiger partial charge < -0.3 is 14.6 Å². The minimum Gasteiger partial charge on any atom is -0.382 e. The van der Waals surface area contributed by atoms with Crippen LogP contribution in [0.15, 0.2) is 12.4 Å². The van der Waals surface area contributed by atoms with Gasteiger partial charge >= 0.3 is 0 Å². The van der Waals surface area contributed by atoms with Crippen LogP contribution in [0.3, 0.4) is 0 Å². The first-order chi connectivity index (χ1) is 8.15. The molecule has 4 nitrogen and oxygen atoms in total. The topological polar surface area (TPSA) is 41.3 Å². The fraction of sp³-hybridized carbons (Fsp3) is 0.769. The largest absolute Gasteiger partial charge is 0.382 e. The van der Waals surface area contributed by atoms with Crippen molar-refractivity contribution in [1.29, 1.82) is 0 Å². The Hall–Kier alpha value is -0.870. The summed E-state index contributed by atoms with van der Waals surface area (Å²) in [4.78, 5) is 6.74. The first kappa shape index (κ1) is 12.6. The number of piperidine rings is 1. The Labute approximate surface area is 103 Å². The SMILES string of the molecule is CCCCN1CCC(O)(c2nccn2C)CC1. The number of nitrogens with zero attached hydrogens (tertiary/aromatic N) is 3. The maximum Gasteiger partial charge on any atom is 0.140 e. The highest BCUT2D eigenvalue weighted by molar-refractivity contribution is 5.06. The van der Waals surface area contributed by atoms with Gasteiger partial charge in [0.15, 0.2) is 0 Å². The molecule has 17 heavy (non-hydrogen) atoms. The third-order valence-corrected chi connectivity index (χ3v) is 3.75. The fourth-order valence-electron chi connectivity index (χ4n) is 2.57. The number of aliphatic hydroxyl groups is 1. The Balaban J connectivity index is 1.96. The van der Waals surface area contributed by atoms with Crippen LogP contribution in [-0.2, 0) is 12.6 Å². The molecule has 0 aliphatic carbocycles. The molecule has 1 aromatic rings. The summed E-state index contributed by atoms with van der Waals surface area (Å²) < 4.78 is 1.93. The maximum absolute atomic E-state index is 10.6. The molecular weight excluding hydrogens is 214 g/mol. The average Bonchev–Trinajstić information content (AvgIpc) is 2.76. The van der Waals surface area contributed by atoms with Crippen molar-refractivity contribution in [1.82, 2.24) is 14.5 Å². The molecule has 1 aliphatic heterocycles. The summed E-state index contributed by atoms with van der Waals surface area (Å²) in [7, 11) is 1.95.